The minimum absolute atomic E-state index is 0.0211. The number of halogens is 1. The zero-order valence-electron chi connectivity index (χ0n) is 14.5. The molecular formula is C14H23INO8P. The lowest BCUT2D eigenvalue weighted by Gasteiger charge is -2.38. The molecule has 0 radical (unpaired) electrons. The molecule has 0 saturated heterocycles. The quantitative estimate of drug-likeness (QED) is 0.372. The molecule has 0 saturated carbocycles. The van der Waals surface area contributed by atoms with Gasteiger partial charge in [0.1, 0.15) is 40.9 Å². The number of hydrogen-bond acceptors (Lipinski definition) is 7. The van der Waals surface area contributed by atoms with Gasteiger partial charge in [-0.2, -0.15) is 0 Å². The number of rotatable bonds is 11. The summed E-state index contributed by atoms with van der Waals surface area (Å²) in [6, 6.07) is 4.72. The van der Waals surface area contributed by atoms with Crippen LogP contribution in [0.25, 0.3) is 0 Å². The van der Waals surface area contributed by atoms with Crippen LogP contribution in [0.2, 0.25) is 0 Å². The van der Waals surface area contributed by atoms with Crippen LogP contribution < -0.4 is 5.56 Å². The lowest BCUT2D eigenvalue weighted by molar-refractivity contribution is -0.187. The van der Waals surface area contributed by atoms with Crippen LogP contribution >= 0.6 is 30.8 Å². The Morgan fingerprint density at radius 1 is 1.40 bits per heavy atom. The van der Waals surface area contributed by atoms with Crippen LogP contribution in [0.5, 0.6) is 0 Å². The summed E-state index contributed by atoms with van der Waals surface area (Å²) < 4.78 is 39.1. The fraction of sp³-hybridized carbons (Fsp3) is 0.643. The number of pyridine rings is 1. The molecule has 11 heteroatoms. The van der Waals surface area contributed by atoms with E-state index in [1.54, 1.807) is 55.2 Å². The largest absolute Gasteiger partial charge is 0.472 e. The maximum absolute atomic E-state index is 12.0. The van der Waals surface area contributed by atoms with Gasteiger partial charge in [-0.1, -0.05) is 6.07 Å². The standard InChI is InChI=1S/C14H23INO8P/c1-11(16-8-6-5-7-13(16)17)23-14(2,10-20-3)12(9-22-15)24-25(18,19)21-4/h5-8,11-12H,9-10H2,1-4H3,(H,18,19)/t11?,12?,14-/m1/s1. The van der Waals surface area contributed by atoms with Crippen molar-refractivity contribution in [3.8, 4) is 0 Å². The minimum Gasteiger partial charge on any atom is -0.382 e. The van der Waals surface area contributed by atoms with E-state index in [4.69, 9.17) is 17.1 Å². The normalized spacial score (nSPS) is 19.0. The number of aromatic nitrogens is 1. The first-order chi connectivity index (χ1) is 11.7. The molecule has 144 valence electrons. The van der Waals surface area contributed by atoms with Crippen molar-refractivity contribution >= 4 is 30.8 Å². The Balaban J connectivity index is 3.11. The minimum atomic E-state index is -4.29. The highest BCUT2D eigenvalue weighted by molar-refractivity contribution is 14.1. The number of phosphoric ester groups is 1. The van der Waals surface area contributed by atoms with E-state index in [1.807, 2.05) is 0 Å². The molecule has 0 amide bonds. The van der Waals surface area contributed by atoms with Gasteiger partial charge in [0, 0.05) is 26.5 Å². The van der Waals surface area contributed by atoms with Gasteiger partial charge in [0.2, 0.25) is 0 Å². The molecule has 0 aliphatic carbocycles. The third-order valence-electron chi connectivity index (χ3n) is 3.50. The lowest BCUT2D eigenvalue weighted by Crippen LogP contribution is -2.50. The molecule has 9 nitrogen and oxygen atoms in total. The van der Waals surface area contributed by atoms with E-state index in [0.29, 0.717) is 0 Å². The molecule has 3 unspecified atom stereocenters. The summed E-state index contributed by atoms with van der Waals surface area (Å²) in [5.41, 5.74) is -1.45. The molecule has 1 rings (SSSR count). The predicted molar refractivity (Wildman–Crippen MR) is 98.5 cm³/mol. The van der Waals surface area contributed by atoms with Crippen molar-refractivity contribution < 1.29 is 31.0 Å². The SMILES string of the molecule is COC[C@@](C)(OC(C)n1ccccc1=O)C(COI)OP(=O)(O)OC. The predicted octanol–water partition coefficient (Wildman–Crippen LogP) is 2.29. The van der Waals surface area contributed by atoms with Gasteiger partial charge >= 0.3 is 7.82 Å². The Labute approximate surface area is 160 Å². The molecule has 1 aromatic heterocycles. The van der Waals surface area contributed by atoms with E-state index in [1.165, 1.54) is 17.7 Å². The molecule has 4 atom stereocenters. The van der Waals surface area contributed by atoms with Gasteiger partial charge in [0.25, 0.3) is 5.56 Å². The smallest absolute Gasteiger partial charge is 0.382 e. The number of nitrogens with zero attached hydrogens (tertiary/aromatic N) is 1. The molecule has 0 spiro atoms. The van der Waals surface area contributed by atoms with Crippen molar-refractivity contribution in [3.05, 3.63) is 34.7 Å². The Morgan fingerprint density at radius 2 is 2.08 bits per heavy atom. The summed E-state index contributed by atoms with van der Waals surface area (Å²) in [6.45, 7) is 3.27. The van der Waals surface area contributed by atoms with E-state index in [0.717, 1.165) is 7.11 Å². The molecule has 1 aromatic rings. The average molecular weight is 491 g/mol. The van der Waals surface area contributed by atoms with Gasteiger partial charge in [-0.15, -0.1) is 0 Å². The van der Waals surface area contributed by atoms with Gasteiger partial charge in [0.05, 0.1) is 13.2 Å². The number of ether oxygens (including phenoxy) is 2. The fourth-order valence-corrected chi connectivity index (χ4v) is 3.27. The first kappa shape index (κ1) is 22.7. The summed E-state index contributed by atoms with van der Waals surface area (Å²) in [4.78, 5) is 21.6. The van der Waals surface area contributed by atoms with Crippen molar-refractivity contribution in [2.45, 2.75) is 31.8 Å². The Bertz CT molecular complexity index is 641. The van der Waals surface area contributed by atoms with E-state index in [2.05, 4.69) is 4.52 Å². The molecule has 25 heavy (non-hydrogen) atoms. The first-order valence-corrected chi connectivity index (χ1v) is 9.71. The molecule has 0 aliphatic heterocycles. The van der Waals surface area contributed by atoms with Crippen LogP contribution in [0.15, 0.2) is 29.2 Å². The van der Waals surface area contributed by atoms with Crippen LogP contribution in [-0.4, -0.2) is 48.6 Å². The first-order valence-electron chi connectivity index (χ1n) is 7.33. The van der Waals surface area contributed by atoms with Crippen molar-refractivity contribution in [2.24, 2.45) is 0 Å². The molecule has 0 aliphatic rings. The molecule has 1 N–H and O–H groups in total. The van der Waals surface area contributed by atoms with Gasteiger partial charge in [-0.25, -0.2) is 4.57 Å². The van der Waals surface area contributed by atoms with Gasteiger partial charge in [-0.05, 0) is 19.9 Å². The molecular weight excluding hydrogens is 468 g/mol. The van der Waals surface area contributed by atoms with Crippen molar-refractivity contribution in [3.63, 3.8) is 0 Å². The molecule has 0 fully saturated rings. The second kappa shape index (κ2) is 10.1. The van der Waals surface area contributed by atoms with Crippen LogP contribution in [0.1, 0.15) is 20.1 Å². The third kappa shape index (κ3) is 6.72. The summed E-state index contributed by atoms with van der Waals surface area (Å²) in [7, 11) is -1.78. The second-order valence-corrected chi connectivity index (χ2v) is 7.57. The zero-order chi connectivity index (χ0) is 19.1. The number of methoxy groups -OCH3 is 1. The number of hydrogen-bond donors (Lipinski definition) is 1. The van der Waals surface area contributed by atoms with Gasteiger partial charge in [0.15, 0.2) is 0 Å². The number of phosphoric acid groups is 1. The topological polar surface area (TPSA) is 105 Å². The lowest BCUT2D eigenvalue weighted by atomic mass is 10.0. The molecule has 1 heterocycles. The fourth-order valence-electron chi connectivity index (χ4n) is 2.26. The maximum atomic E-state index is 12.0. The summed E-state index contributed by atoms with van der Waals surface area (Å²) >= 11 is 1.64. The summed E-state index contributed by atoms with van der Waals surface area (Å²) in [5.74, 6) is 0. The van der Waals surface area contributed by atoms with E-state index in [9.17, 15) is 14.3 Å². The Hall–Kier alpha value is -0.330. The Kier molecular flexibility index (Phi) is 9.19. The van der Waals surface area contributed by atoms with Crippen LogP contribution in [0.3, 0.4) is 0 Å². The molecule has 0 aromatic carbocycles. The van der Waals surface area contributed by atoms with Crippen molar-refractivity contribution in [1.29, 1.82) is 0 Å². The van der Waals surface area contributed by atoms with Crippen LogP contribution in [0, 0.1) is 0 Å². The van der Waals surface area contributed by atoms with Crippen LogP contribution in [0.4, 0.5) is 0 Å². The maximum Gasteiger partial charge on any atom is 0.472 e. The highest BCUT2D eigenvalue weighted by Gasteiger charge is 2.43. The second-order valence-electron chi connectivity index (χ2n) is 5.43. The third-order valence-corrected chi connectivity index (χ3v) is 4.84. The summed E-state index contributed by atoms with van der Waals surface area (Å²) in [6.07, 6.45) is -0.103. The van der Waals surface area contributed by atoms with E-state index in [-0.39, 0.29) is 18.8 Å². The summed E-state index contributed by atoms with van der Waals surface area (Å²) in [5, 5.41) is 0. The molecule has 0 bridgehead atoms. The van der Waals surface area contributed by atoms with Gasteiger partial charge in [-0.3, -0.25) is 18.4 Å². The Morgan fingerprint density at radius 3 is 2.60 bits per heavy atom. The highest BCUT2D eigenvalue weighted by Crippen LogP contribution is 2.46. The van der Waals surface area contributed by atoms with E-state index >= 15 is 0 Å². The zero-order valence-corrected chi connectivity index (χ0v) is 17.5. The average Bonchev–Trinajstić information content (AvgIpc) is 2.54. The van der Waals surface area contributed by atoms with Crippen molar-refractivity contribution in [2.75, 3.05) is 27.4 Å². The van der Waals surface area contributed by atoms with Crippen molar-refractivity contribution in [1.82, 2.24) is 4.57 Å². The highest BCUT2D eigenvalue weighted by atomic mass is 127. The van der Waals surface area contributed by atoms with E-state index < -0.39 is 25.8 Å². The van der Waals surface area contributed by atoms with Crippen LogP contribution in [-0.2, 0) is 26.2 Å². The monoisotopic (exact) mass is 491 g/mol. The van der Waals surface area contributed by atoms with Gasteiger partial charge < -0.3 is 17.4 Å².